The summed E-state index contributed by atoms with van der Waals surface area (Å²) in [4.78, 5) is 38.4. The number of rotatable bonds is 3. The van der Waals surface area contributed by atoms with Crippen molar-refractivity contribution in [2.45, 2.75) is 0 Å². The predicted octanol–water partition coefficient (Wildman–Crippen LogP) is 4.13. The van der Waals surface area contributed by atoms with Crippen LogP contribution in [0.5, 0.6) is 0 Å². The molecule has 0 bridgehead atoms. The van der Waals surface area contributed by atoms with Crippen LogP contribution in [0.3, 0.4) is 0 Å². The second-order valence-electron chi connectivity index (χ2n) is 5.99. The van der Waals surface area contributed by atoms with E-state index in [1.54, 1.807) is 60.7 Å². The maximum absolute atomic E-state index is 12.6. The van der Waals surface area contributed by atoms with E-state index in [4.69, 9.17) is 0 Å². The number of hydrogen-bond acceptors (Lipinski definition) is 3. The first kappa shape index (κ1) is 16.5. The number of anilines is 3. The fraction of sp³-hybridized carbons (Fsp3) is 0. The molecule has 3 aromatic rings. The van der Waals surface area contributed by atoms with Gasteiger partial charge in [-0.05, 0) is 42.5 Å². The molecule has 4 rings (SSSR count). The lowest BCUT2D eigenvalue weighted by molar-refractivity contribution is 0.0926. The van der Waals surface area contributed by atoms with Crippen LogP contribution in [0.4, 0.5) is 21.9 Å². The Kier molecular flexibility index (Phi) is 4.14. The summed E-state index contributed by atoms with van der Waals surface area (Å²) in [6, 6.07) is 21.9. The minimum atomic E-state index is -0.416. The maximum Gasteiger partial charge on any atom is 0.323 e. The number of carbonyl (C=O) groups excluding carboxylic acids is 3. The van der Waals surface area contributed by atoms with Crippen LogP contribution >= 0.6 is 0 Å². The van der Waals surface area contributed by atoms with Crippen molar-refractivity contribution in [1.29, 1.82) is 0 Å². The van der Waals surface area contributed by atoms with E-state index in [1.807, 2.05) is 18.2 Å². The van der Waals surface area contributed by atoms with Crippen molar-refractivity contribution in [3.8, 4) is 0 Å². The number of fused-ring (bicyclic) bond motifs is 1. The van der Waals surface area contributed by atoms with Gasteiger partial charge in [0.05, 0.1) is 16.8 Å². The largest absolute Gasteiger partial charge is 0.323 e. The van der Waals surface area contributed by atoms with Gasteiger partial charge in [0.15, 0.2) is 0 Å². The number of amides is 4. The van der Waals surface area contributed by atoms with E-state index in [-0.39, 0.29) is 11.8 Å². The third kappa shape index (κ3) is 3.16. The molecule has 2 N–H and O–H groups in total. The quantitative estimate of drug-likeness (QED) is 0.692. The van der Waals surface area contributed by atoms with Crippen LogP contribution in [-0.2, 0) is 0 Å². The highest BCUT2D eigenvalue weighted by Gasteiger charge is 2.36. The number of benzene rings is 3. The standard InChI is InChI=1S/C21H15N3O3/c25-19-17-11-4-5-12-18(17)20(26)24(19)16-10-6-9-15(13-16)23-21(27)22-14-7-2-1-3-8-14/h1-13H,(H2,22,23,27). The summed E-state index contributed by atoms with van der Waals surface area (Å²) in [5.41, 5.74) is 2.29. The van der Waals surface area contributed by atoms with Crippen molar-refractivity contribution < 1.29 is 14.4 Å². The monoisotopic (exact) mass is 357 g/mol. The van der Waals surface area contributed by atoms with Crippen LogP contribution in [-0.4, -0.2) is 17.8 Å². The average molecular weight is 357 g/mol. The smallest absolute Gasteiger partial charge is 0.308 e. The van der Waals surface area contributed by atoms with Gasteiger partial charge in [0.25, 0.3) is 11.8 Å². The van der Waals surface area contributed by atoms with Gasteiger partial charge in [-0.15, -0.1) is 0 Å². The number of urea groups is 1. The molecule has 0 atom stereocenters. The molecule has 1 heterocycles. The van der Waals surface area contributed by atoms with Crippen molar-refractivity contribution in [1.82, 2.24) is 0 Å². The fourth-order valence-electron chi connectivity index (χ4n) is 2.96. The molecule has 0 radical (unpaired) electrons. The molecule has 132 valence electrons. The van der Waals surface area contributed by atoms with Gasteiger partial charge >= 0.3 is 6.03 Å². The van der Waals surface area contributed by atoms with Gasteiger partial charge in [0.2, 0.25) is 0 Å². The average Bonchev–Trinajstić information content (AvgIpc) is 2.94. The lowest BCUT2D eigenvalue weighted by atomic mass is 10.1. The van der Waals surface area contributed by atoms with E-state index in [9.17, 15) is 14.4 Å². The van der Waals surface area contributed by atoms with Crippen molar-refractivity contribution >= 4 is 34.9 Å². The second kappa shape index (κ2) is 6.76. The molecule has 1 aliphatic rings. The minimum absolute atomic E-state index is 0.374. The Bertz CT molecular complexity index is 1010. The Hall–Kier alpha value is -3.93. The van der Waals surface area contributed by atoms with Crippen molar-refractivity contribution in [2.24, 2.45) is 0 Å². The van der Waals surface area contributed by atoms with Crippen molar-refractivity contribution in [2.75, 3.05) is 15.5 Å². The number of nitrogens with zero attached hydrogens (tertiary/aromatic N) is 1. The zero-order valence-corrected chi connectivity index (χ0v) is 14.2. The highest BCUT2D eigenvalue weighted by molar-refractivity contribution is 6.34. The van der Waals surface area contributed by atoms with Gasteiger partial charge in [-0.3, -0.25) is 9.59 Å². The molecule has 0 spiro atoms. The zero-order valence-electron chi connectivity index (χ0n) is 14.2. The Morgan fingerprint density at radius 2 is 1.22 bits per heavy atom. The summed E-state index contributed by atoms with van der Waals surface area (Å²) in [7, 11) is 0. The van der Waals surface area contributed by atoms with Crippen LogP contribution in [0, 0.1) is 0 Å². The first-order valence-corrected chi connectivity index (χ1v) is 8.34. The molecular weight excluding hydrogens is 342 g/mol. The Morgan fingerprint density at radius 1 is 0.667 bits per heavy atom. The Labute approximate surface area is 155 Å². The summed E-state index contributed by atoms with van der Waals surface area (Å²) >= 11 is 0. The SMILES string of the molecule is O=C(Nc1ccccc1)Nc1cccc(N2C(=O)c3ccccc3C2=O)c1. The zero-order chi connectivity index (χ0) is 18.8. The number of hydrogen-bond donors (Lipinski definition) is 2. The van der Waals surface area contributed by atoms with E-state index in [1.165, 1.54) is 0 Å². The topological polar surface area (TPSA) is 78.5 Å². The van der Waals surface area contributed by atoms with Crippen molar-refractivity contribution in [3.63, 3.8) is 0 Å². The van der Waals surface area contributed by atoms with Gasteiger partial charge < -0.3 is 10.6 Å². The van der Waals surface area contributed by atoms with E-state index < -0.39 is 6.03 Å². The minimum Gasteiger partial charge on any atom is -0.308 e. The Morgan fingerprint density at radius 3 is 1.89 bits per heavy atom. The number of para-hydroxylation sites is 1. The van der Waals surface area contributed by atoms with Crippen LogP contribution in [0.15, 0.2) is 78.9 Å². The first-order chi connectivity index (χ1) is 13.1. The second-order valence-corrected chi connectivity index (χ2v) is 5.99. The molecular formula is C21H15N3O3. The molecule has 0 fully saturated rings. The van der Waals surface area contributed by atoms with Gasteiger partial charge in [-0.25, -0.2) is 9.69 Å². The van der Waals surface area contributed by atoms with E-state index >= 15 is 0 Å². The number of nitrogens with one attached hydrogen (secondary N) is 2. The third-order valence-corrected chi connectivity index (χ3v) is 4.19. The van der Waals surface area contributed by atoms with E-state index in [0.29, 0.717) is 28.2 Å². The summed E-state index contributed by atoms with van der Waals surface area (Å²) < 4.78 is 0. The van der Waals surface area contributed by atoms with Gasteiger partial charge in [-0.2, -0.15) is 0 Å². The lowest BCUT2D eigenvalue weighted by Crippen LogP contribution is -2.29. The normalized spacial score (nSPS) is 12.7. The van der Waals surface area contributed by atoms with Gasteiger partial charge in [0.1, 0.15) is 0 Å². The van der Waals surface area contributed by atoms with Crippen molar-refractivity contribution in [3.05, 3.63) is 90.0 Å². The Balaban J connectivity index is 1.54. The summed E-state index contributed by atoms with van der Waals surface area (Å²) in [6.45, 7) is 0. The van der Waals surface area contributed by atoms with Gasteiger partial charge in [-0.1, -0.05) is 36.4 Å². The first-order valence-electron chi connectivity index (χ1n) is 8.34. The summed E-state index contributed by atoms with van der Waals surface area (Å²) in [6.07, 6.45) is 0. The maximum atomic E-state index is 12.6. The van der Waals surface area contributed by atoms with Crippen LogP contribution in [0.1, 0.15) is 20.7 Å². The summed E-state index contributed by atoms with van der Waals surface area (Å²) in [5, 5.41) is 5.42. The number of carbonyl (C=O) groups is 3. The molecule has 6 heteroatoms. The van der Waals surface area contributed by atoms with Crippen LogP contribution in [0.2, 0.25) is 0 Å². The number of imide groups is 1. The predicted molar refractivity (Wildman–Crippen MR) is 103 cm³/mol. The van der Waals surface area contributed by atoms with Gasteiger partial charge in [0, 0.05) is 11.4 Å². The van der Waals surface area contributed by atoms with Crippen LogP contribution in [0.25, 0.3) is 0 Å². The molecule has 4 amide bonds. The molecule has 0 aromatic heterocycles. The summed E-state index contributed by atoms with van der Waals surface area (Å²) in [5.74, 6) is -0.747. The molecule has 0 unspecified atom stereocenters. The molecule has 0 saturated carbocycles. The molecule has 1 aliphatic heterocycles. The van der Waals surface area contributed by atoms with E-state index in [2.05, 4.69) is 10.6 Å². The molecule has 3 aromatic carbocycles. The van der Waals surface area contributed by atoms with E-state index in [0.717, 1.165) is 4.90 Å². The van der Waals surface area contributed by atoms with Crippen LogP contribution < -0.4 is 15.5 Å². The highest BCUT2D eigenvalue weighted by Crippen LogP contribution is 2.29. The fourth-order valence-corrected chi connectivity index (χ4v) is 2.96. The lowest BCUT2D eigenvalue weighted by Gasteiger charge is -2.15. The highest BCUT2D eigenvalue weighted by atomic mass is 16.2. The molecule has 0 aliphatic carbocycles. The molecule has 0 saturated heterocycles. The molecule has 27 heavy (non-hydrogen) atoms. The third-order valence-electron chi connectivity index (χ3n) is 4.19. The molecule has 6 nitrogen and oxygen atoms in total.